The number of nitrogens with zero attached hydrogens (tertiary/aromatic N) is 3. The van der Waals surface area contributed by atoms with Crippen LogP contribution < -0.4 is 0 Å². The number of fused-ring (bicyclic) bond motifs is 1. The molecule has 16 heavy (non-hydrogen) atoms. The second-order valence-electron chi connectivity index (χ2n) is 3.92. The Kier molecular flexibility index (Phi) is 2.26. The van der Waals surface area contributed by atoms with Gasteiger partial charge in [0.25, 0.3) is 0 Å². The SMILES string of the molecule is N#CCn1nc(-c2cccs2)c2c1CCC2. The van der Waals surface area contributed by atoms with Crippen LogP contribution in [0.25, 0.3) is 10.6 Å². The zero-order valence-corrected chi connectivity index (χ0v) is 9.63. The van der Waals surface area contributed by atoms with Crippen molar-refractivity contribution < 1.29 is 0 Å². The fourth-order valence-electron chi connectivity index (χ4n) is 2.32. The van der Waals surface area contributed by atoms with E-state index in [-0.39, 0.29) is 0 Å². The number of nitriles is 1. The van der Waals surface area contributed by atoms with Crippen LogP contribution >= 0.6 is 11.3 Å². The number of hydrogen-bond acceptors (Lipinski definition) is 3. The lowest BCUT2D eigenvalue weighted by molar-refractivity contribution is 0.665. The summed E-state index contributed by atoms with van der Waals surface area (Å²) in [5, 5.41) is 15.4. The van der Waals surface area contributed by atoms with Gasteiger partial charge in [-0.1, -0.05) is 6.07 Å². The van der Waals surface area contributed by atoms with E-state index in [9.17, 15) is 0 Å². The molecule has 0 bridgehead atoms. The molecule has 0 spiro atoms. The van der Waals surface area contributed by atoms with E-state index in [1.165, 1.54) is 22.6 Å². The predicted molar refractivity (Wildman–Crippen MR) is 63.2 cm³/mol. The van der Waals surface area contributed by atoms with Gasteiger partial charge in [-0.15, -0.1) is 11.3 Å². The minimum absolute atomic E-state index is 0.369. The third-order valence-electron chi connectivity index (χ3n) is 2.98. The summed E-state index contributed by atoms with van der Waals surface area (Å²) in [4.78, 5) is 1.22. The van der Waals surface area contributed by atoms with E-state index >= 15 is 0 Å². The molecule has 1 aliphatic carbocycles. The Morgan fingerprint density at radius 1 is 1.50 bits per heavy atom. The highest BCUT2D eigenvalue weighted by Gasteiger charge is 2.23. The fourth-order valence-corrected chi connectivity index (χ4v) is 3.05. The van der Waals surface area contributed by atoms with Gasteiger partial charge < -0.3 is 0 Å². The van der Waals surface area contributed by atoms with Gasteiger partial charge in [0.05, 0.1) is 10.9 Å². The molecular weight excluding hydrogens is 218 g/mol. The maximum Gasteiger partial charge on any atom is 0.128 e. The molecule has 3 nitrogen and oxygen atoms in total. The smallest absolute Gasteiger partial charge is 0.128 e. The third kappa shape index (κ3) is 1.36. The highest BCUT2D eigenvalue weighted by atomic mass is 32.1. The Labute approximate surface area is 97.9 Å². The van der Waals surface area contributed by atoms with Crippen molar-refractivity contribution in [2.45, 2.75) is 25.8 Å². The lowest BCUT2D eigenvalue weighted by Gasteiger charge is -1.97. The van der Waals surface area contributed by atoms with Crippen LogP contribution in [0.5, 0.6) is 0 Å². The molecule has 0 unspecified atom stereocenters. The van der Waals surface area contributed by atoms with E-state index in [2.05, 4.69) is 22.6 Å². The summed E-state index contributed by atoms with van der Waals surface area (Å²) in [6.07, 6.45) is 3.36. The minimum atomic E-state index is 0.369. The van der Waals surface area contributed by atoms with Crippen LogP contribution in [0.1, 0.15) is 17.7 Å². The van der Waals surface area contributed by atoms with Gasteiger partial charge >= 0.3 is 0 Å². The molecule has 0 saturated carbocycles. The zero-order chi connectivity index (χ0) is 11.0. The quantitative estimate of drug-likeness (QED) is 0.794. The zero-order valence-electron chi connectivity index (χ0n) is 8.81. The number of thiophene rings is 1. The average Bonchev–Trinajstić information content (AvgIpc) is 2.94. The molecule has 0 atom stereocenters. The van der Waals surface area contributed by atoms with E-state index in [4.69, 9.17) is 5.26 Å². The number of rotatable bonds is 2. The second kappa shape index (κ2) is 3.76. The summed E-state index contributed by atoms with van der Waals surface area (Å²) in [5.41, 5.74) is 3.72. The lowest BCUT2D eigenvalue weighted by atomic mass is 10.2. The molecule has 0 N–H and O–H groups in total. The Bertz CT molecular complexity index is 546. The van der Waals surface area contributed by atoms with Crippen molar-refractivity contribution in [1.82, 2.24) is 9.78 Å². The molecule has 0 radical (unpaired) electrons. The van der Waals surface area contributed by atoms with E-state index in [0.717, 1.165) is 18.5 Å². The molecule has 0 amide bonds. The Balaban J connectivity index is 2.13. The Morgan fingerprint density at radius 2 is 2.44 bits per heavy atom. The predicted octanol–water partition coefficient (Wildman–Crippen LogP) is 2.62. The van der Waals surface area contributed by atoms with Crippen LogP contribution in [-0.2, 0) is 19.4 Å². The largest absolute Gasteiger partial charge is 0.254 e. The minimum Gasteiger partial charge on any atom is -0.254 e. The standard InChI is InChI=1S/C12H11N3S/c13-6-7-15-10-4-1-3-9(10)12(14-15)11-5-2-8-16-11/h2,5,8H,1,3-4,7H2. The summed E-state index contributed by atoms with van der Waals surface area (Å²) in [7, 11) is 0. The van der Waals surface area contributed by atoms with E-state index in [1.54, 1.807) is 11.3 Å². The summed E-state index contributed by atoms with van der Waals surface area (Å²) in [5.74, 6) is 0. The van der Waals surface area contributed by atoms with Gasteiger partial charge in [-0.3, -0.25) is 4.68 Å². The van der Waals surface area contributed by atoms with E-state index < -0.39 is 0 Å². The topological polar surface area (TPSA) is 41.6 Å². The molecule has 2 aromatic rings. The Morgan fingerprint density at radius 3 is 3.19 bits per heavy atom. The van der Waals surface area contributed by atoms with Gasteiger partial charge in [0.15, 0.2) is 0 Å². The number of hydrogen-bond donors (Lipinski definition) is 0. The van der Waals surface area contributed by atoms with Crippen LogP contribution in [0.2, 0.25) is 0 Å². The van der Waals surface area contributed by atoms with E-state index in [0.29, 0.717) is 6.54 Å². The molecule has 1 aliphatic rings. The normalized spacial score (nSPS) is 13.7. The Hall–Kier alpha value is -1.60. The van der Waals surface area contributed by atoms with Crippen molar-refractivity contribution >= 4 is 11.3 Å². The van der Waals surface area contributed by atoms with Gasteiger partial charge in [0.1, 0.15) is 12.2 Å². The van der Waals surface area contributed by atoms with Crippen LogP contribution in [0.15, 0.2) is 17.5 Å². The van der Waals surface area contributed by atoms with Crippen molar-refractivity contribution in [2.75, 3.05) is 0 Å². The summed E-state index contributed by atoms with van der Waals surface area (Å²) in [6.45, 7) is 0.369. The molecule has 0 fully saturated rings. The molecule has 2 aromatic heterocycles. The molecule has 0 saturated heterocycles. The maximum atomic E-state index is 8.78. The first-order valence-corrected chi connectivity index (χ1v) is 6.27. The van der Waals surface area contributed by atoms with Crippen molar-refractivity contribution in [3.63, 3.8) is 0 Å². The molecular formula is C12H11N3S. The highest BCUT2D eigenvalue weighted by Crippen LogP contribution is 2.34. The van der Waals surface area contributed by atoms with Gasteiger partial charge in [-0.2, -0.15) is 10.4 Å². The van der Waals surface area contributed by atoms with Crippen molar-refractivity contribution in [2.24, 2.45) is 0 Å². The summed E-state index contributed by atoms with van der Waals surface area (Å²) >= 11 is 1.71. The van der Waals surface area contributed by atoms with Crippen LogP contribution in [0.4, 0.5) is 0 Å². The molecule has 4 heteroatoms. The molecule has 0 aliphatic heterocycles. The van der Waals surface area contributed by atoms with Crippen LogP contribution in [0, 0.1) is 11.3 Å². The first kappa shape index (κ1) is 9.61. The third-order valence-corrected chi connectivity index (χ3v) is 3.86. The molecule has 2 heterocycles. The highest BCUT2D eigenvalue weighted by molar-refractivity contribution is 7.13. The molecule has 0 aromatic carbocycles. The molecule has 80 valence electrons. The first-order chi connectivity index (χ1) is 7.90. The van der Waals surface area contributed by atoms with Crippen molar-refractivity contribution in [3.05, 3.63) is 28.8 Å². The molecule has 3 rings (SSSR count). The summed E-state index contributed by atoms with van der Waals surface area (Å²) in [6, 6.07) is 6.32. The van der Waals surface area contributed by atoms with Gasteiger partial charge in [0.2, 0.25) is 0 Å². The van der Waals surface area contributed by atoms with Gasteiger partial charge in [0, 0.05) is 11.3 Å². The monoisotopic (exact) mass is 229 g/mol. The lowest BCUT2D eigenvalue weighted by Crippen LogP contribution is -2.02. The van der Waals surface area contributed by atoms with Crippen LogP contribution in [0.3, 0.4) is 0 Å². The van der Waals surface area contributed by atoms with Gasteiger partial charge in [-0.05, 0) is 30.7 Å². The second-order valence-corrected chi connectivity index (χ2v) is 4.87. The fraction of sp³-hybridized carbons (Fsp3) is 0.333. The number of aromatic nitrogens is 2. The van der Waals surface area contributed by atoms with Crippen molar-refractivity contribution in [3.8, 4) is 16.6 Å². The van der Waals surface area contributed by atoms with E-state index in [1.807, 2.05) is 10.7 Å². The van der Waals surface area contributed by atoms with Crippen LogP contribution in [-0.4, -0.2) is 9.78 Å². The first-order valence-electron chi connectivity index (χ1n) is 5.39. The summed E-state index contributed by atoms with van der Waals surface area (Å²) < 4.78 is 1.87. The average molecular weight is 229 g/mol. The van der Waals surface area contributed by atoms with Gasteiger partial charge in [-0.25, -0.2) is 0 Å². The maximum absolute atomic E-state index is 8.78. The van der Waals surface area contributed by atoms with Crippen molar-refractivity contribution in [1.29, 1.82) is 5.26 Å².